The van der Waals surface area contributed by atoms with Crippen molar-refractivity contribution in [3.8, 4) is 11.5 Å². The molecule has 0 spiro atoms. The average molecular weight is 467 g/mol. The van der Waals surface area contributed by atoms with Crippen molar-refractivity contribution in [2.45, 2.75) is 11.7 Å². The van der Waals surface area contributed by atoms with E-state index in [0.717, 1.165) is 11.8 Å². The van der Waals surface area contributed by atoms with Crippen LogP contribution in [-0.4, -0.2) is 40.7 Å². The lowest BCUT2D eigenvalue weighted by Crippen LogP contribution is -2.28. The zero-order chi connectivity index (χ0) is 21.7. The number of nitrogens with one attached hydrogen (secondary N) is 2. The minimum atomic E-state index is -0.648. The first kappa shape index (κ1) is 21.9. The van der Waals surface area contributed by atoms with E-state index >= 15 is 0 Å². The number of carbonyl (C=O) groups excluding carboxylic acids is 2. The molecule has 30 heavy (non-hydrogen) atoms. The number of benzene rings is 2. The number of phenols is 1. The van der Waals surface area contributed by atoms with Gasteiger partial charge in [-0.25, -0.2) is 0 Å². The number of carbonyl (C=O) groups is 2. The summed E-state index contributed by atoms with van der Waals surface area (Å²) in [6.45, 7) is 0. The van der Waals surface area contributed by atoms with Gasteiger partial charge in [0.1, 0.15) is 5.25 Å². The summed E-state index contributed by atoms with van der Waals surface area (Å²) in [5.41, 5.74) is 1.03. The Bertz CT molecular complexity index is 1050. The number of rotatable bonds is 6. The summed E-state index contributed by atoms with van der Waals surface area (Å²) in [4.78, 5) is 24.4. The van der Waals surface area contributed by atoms with Crippen LogP contribution in [-0.2, 0) is 9.59 Å². The molecule has 1 atom stereocenters. The van der Waals surface area contributed by atoms with Crippen LogP contribution in [0.3, 0.4) is 0 Å². The highest BCUT2D eigenvalue weighted by Gasteiger charge is 2.32. The van der Waals surface area contributed by atoms with Gasteiger partial charge in [-0.1, -0.05) is 41.0 Å². The molecular formula is C19H16Cl2N4O4S. The Morgan fingerprint density at radius 2 is 2.17 bits per heavy atom. The van der Waals surface area contributed by atoms with E-state index in [0.29, 0.717) is 22.0 Å². The molecule has 2 amide bonds. The second-order valence-corrected chi connectivity index (χ2v) is 8.01. The van der Waals surface area contributed by atoms with Crippen molar-refractivity contribution in [1.29, 1.82) is 0 Å². The van der Waals surface area contributed by atoms with Gasteiger partial charge in [-0.05, 0) is 35.9 Å². The lowest BCUT2D eigenvalue weighted by Gasteiger charge is -2.09. The van der Waals surface area contributed by atoms with Crippen LogP contribution < -0.4 is 15.4 Å². The second kappa shape index (κ2) is 9.84. The van der Waals surface area contributed by atoms with E-state index < -0.39 is 5.25 Å². The van der Waals surface area contributed by atoms with Gasteiger partial charge in [0.15, 0.2) is 16.7 Å². The van der Waals surface area contributed by atoms with Gasteiger partial charge in [0, 0.05) is 6.42 Å². The molecule has 3 N–H and O–H groups in total. The van der Waals surface area contributed by atoms with E-state index in [1.54, 1.807) is 30.3 Å². The van der Waals surface area contributed by atoms with Crippen LogP contribution in [0.2, 0.25) is 10.0 Å². The molecule has 1 heterocycles. The van der Waals surface area contributed by atoms with E-state index in [4.69, 9.17) is 27.9 Å². The van der Waals surface area contributed by atoms with Gasteiger partial charge in [-0.2, -0.15) is 5.10 Å². The van der Waals surface area contributed by atoms with E-state index in [1.165, 1.54) is 19.4 Å². The van der Waals surface area contributed by atoms with Gasteiger partial charge in [-0.15, -0.1) is 5.10 Å². The summed E-state index contributed by atoms with van der Waals surface area (Å²) < 4.78 is 5.02. The summed E-state index contributed by atoms with van der Waals surface area (Å²) >= 11 is 13.1. The zero-order valence-corrected chi connectivity index (χ0v) is 17.9. The summed E-state index contributed by atoms with van der Waals surface area (Å²) in [5, 5.41) is 22.9. The predicted molar refractivity (Wildman–Crippen MR) is 119 cm³/mol. The van der Waals surface area contributed by atoms with Gasteiger partial charge < -0.3 is 20.5 Å². The van der Waals surface area contributed by atoms with E-state index in [9.17, 15) is 14.7 Å². The number of thioether (sulfide) groups is 1. The number of halogens is 2. The zero-order valence-electron chi connectivity index (χ0n) is 15.6. The van der Waals surface area contributed by atoms with Gasteiger partial charge in [-0.3, -0.25) is 9.59 Å². The maximum absolute atomic E-state index is 12.3. The summed E-state index contributed by atoms with van der Waals surface area (Å²) in [5.74, 6) is -0.402. The first-order valence-corrected chi connectivity index (χ1v) is 10.2. The third kappa shape index (κ3) is 5.44. The van der Waals surface area contributed by atoms with Crippen LogP contribution >= 0.6 is 35.0 Å². The van der Waals surface area contributed by atoms with E-state index in [-0.39, 0.29) is 34.2 Å². The molecule has 0 bridgehead atoms. The topological polar surface area (TPSA) is 112 Å². The lowest BCUT2D eigenvalue weighted by atomic mass is 10.2. The number of hydrogen-bond donors (Lipinski definition) is 3. The number of hydrogen-bond acceptors (Lipinski definition) is 7. The van der Waals surface area contributed by atoms with E-state index in [2.05, 4.69) is 20.8 Å². The highest BCUT2D eigenvalue weighted by atomic mass is 35.5. The molecule has 1 fully saturated rings. The maximum Gasteiger partial charge on any atom is 0.240 e. The van der Waals surface area contributed by atoms with Crippen molar-refractivity contribution in [2.75, 3.05) is 12.4 Å². The highest BCUT2D eigenvalue weighted by Crippen LogP contribution is 2.30. The third-order valence-electron chi connectivity index (χ3n) is 3.93. The Kier molecular flexibility index (Phi) is 7.20. The molecule has 0 aliphatic carbocycles. The normalized spacial score (nSPS) is 17.4. The van der Waals surface area contributed by atoms with Crippen LogP contribution in [0.5, 0.6) is 11.5 Å². The molecule has 3 rings (SSSR count). The molecule has 11 heteroatoms. The van der Waals surface area contributed by atoms with Crippen molar-refractivity contribution < 1.29 is 19.4 Å². The second-order valence-electron chi connectivity index (χ2n) is 6.03. The van der Waals surface area contributed by atoms with Crippen LogP contribution in [0, 0.1) is 0 Å². The number of nitrogens with zero attached hydrogens (tertiary/aromatic N) is 2. The smallest absolute Gasteiger partial charge is 0.240 e. The monoisotopic (exact) mass is 466 g/mol. The van der Waals surface area contributed by atoms with Crippen molar-refractivity contribution >= 4 is 63.8 Å². The summed E-state index contributed by atoms with van der Waals surface area (Å²) in [6.07, 6.45) is 1.38. The van der Waals surface area contributed by atoms with Crippen LogP contribution in [0.15, 0.2) is 46.6 Å². The molecule has 156 valence electrons. The largest absolute Gasteiger partial charge is 0.504 e. The quantitative estimate of drug-likeness (QED) is 0.444. The van der Waals surface area contributed by atoms with Gasteiger partial charge in [0.25, 0.3) is 0 Å². The Morgan fingerprint density at radius 1 is 1.37 bits per heavy atom. The average Bonchev–Trinajstić information content (AvgIpc) is 3.05. The fraction of sp³-hybridized carbons (Fsp3) is 0.158. The molecule has 2 aromatic rings. The molecule has 1 aliphatic heterocycles. The Balaban J connectivity index is 1.59. The minimum absolute atomic E-state index is 0.0137. The number of anilines is 1. The Hall–Kier alpha value is -2.75. The fourth-order valence-corrected chi connectivity index (χ4v) is 3.75. The summed E-state index contributed by atoms with van der Waals surface area (Å²) in [6, 6.07) is 9.59. The number of methoxy groups -OCH3 is 1. The Labute approximate surface area is 186 Å². The molecule has 1 saturated heterocycles. The summed E-state index contributed by atoms with van der Waals surface area (Å²) in [7, 11) is 1.44. The number of phenolic OH excluding ortho intramolecular Hbond substituents is 1. The molecule has 0 aromatic heterocycles. The minimum Gasteiger partial charge on any atom is -0.504 e. The number of aromatic hydroxyl groups is 1. The van der Waals surface area contributed by atoms with E-state index in [1.807, 2.05) is 0 Å². The molecule has 8 nitrogen and oxygen atoms in total. The van der Waals surface area contributed by atoms with Crippen molar-refractivity contribution in [1.82, 2.24) is 5.32 Å². The van der Waals surface area contributed by atoms with Crippen LogP contribution in [0.25, 0.3) is 0 Å². The standard InChI is InChI=1S/C19H16Cl2N4O4S/c1-29-14-7-10(5-6-13(14)26)9-22-25-19-24-18(28)15(30-19)8-16(27)23-12-4-2-3-11(20)17(12)21/h2-7,9,15,26H,8H2,1H3,(H,23,27)(H,24,25,28)/b22-9+. The highest BCUT2D eigenvalue weighted by molar-refractivity contribution is 8.15. The van der Waals surface area contributed by atoms with Crippen molar-refractivity contribution in [2.24, 2.45) is 10.2 Å². The number of amides is 2. The predicted octanol–water partition coefficient (Wildman–Crippen LogP) is 3.66. The fourth-order valence-electron chi connectivity index (χ4n) is 2.48. The third-order valence-corrected chi connectivity index (χ3v) is 5.82. The van der Waals surface area contributed by atoms with Gasteiger partial charge in [0.05, 0.1) is 29.1 Å². The Morgan fingerprint density at radius 3 is 2.93 bits per heavy atom. The molecule has 0 saturated carbocycles. The number of ether oxygens (including phenoxy) is 1. The van der Waals surface area contributed by atoms with Gasteiger partial charge in [0.2, 0.25) is 11.8 Å². The van der Waals surface area contributed by atoms with Crippen LogP contribution in [0.1, 0.15) is 12.0 Å². The van der Waals surface area contributed by atoms with Crippen molar-refractivity contribution in [3.05, 3.63) is 52.0 Å². The molecule has 0 radical (unpaired) electrons. The SMILES string of the molecule is COc1cc(/C=N/N=C2/NC(=O)C(CC(=O)Nc3cccc(Cl)c3Cl)S2)ccc1O. The molecule has 1 aliphatic rings. The first-order chi connectivity index (χ1) is 14.4. The van der Waals surface area contributed by atoms with Crippen molar-refractivity contribution in [3.63, 3.8) is 0 Å². The maximum atomic E-state index is 12.3. The van der Waals surface area contributed by atoms with Crippen LogP contribution in [0.4, 0.5) is 5.69 Å². The number of amidine groups is 1. The molecule has 2 aromatic carbocycles. The lowest BCUT2D eigenvalue weighted by molar-refractivity contribution is -0.122. The molecular weight excluding hydrogens is 451 g/mol. The molecule has 1 unspecified atom stereocenters. The first-order valence-electron chi connectivity index (χ1n) is 8.57. The van der Waals surface area contributed by atoms with Gasteiger partial charge >= 0.3 is 0 Å².